The summed E-state index contributed by atoms with van der Waals surface area (Å²) < 4.78 is 11.4. The van der Waals surface area contributed by atoms with Gasteiger partial charge in [0.25, 0.3) is 0 Å². The van der Waals surface area contributed by atoms with E-state index in [4.69, 9.17) is 20.8 Å². The molecule has 3 N–H and O–H groups in total. The van der Waals surface area contributed by atoms with Crippen LogP contribution in [0.25, 0.3) is 0 Å². The molecule has 1 atom stereocenters. The minimum Gasteiger partial charge on any atom is -0.469 e. The molecule has 0 aromatic carbocycles. The minimum atomic E-state index is -0.662. The van der Waals surface area contributed by atoms with Gasteiger partial charge in [0.15, 0.2) is 5.96 Å². The molecule has 168 valence electrons. The molecule has 1 saturated heterocycles. The molecule has 1 aliphatic rings. The first-order chi connectivity index (χ1) is 14.2. The van der Waals surface area contributed by atoms with Crippen molar-refractivity contribution < 1.29 is 14.3 Å². The van der Waals surface area contributed by atoms with Crippen molar-refractivity contribution in [2.24, 2.45) is 4.99 Å². The highest BCUT2D eigenvalue weighted by Gasteiger charge is 2.11. The maximum Gasteiger partial charge on any atom is 0.191 e. The summed E-state index contributed by atoms with van der Waals surface area (Å²) in [4.78, 5) is 7.79. The molecule has 0 saturated carbocycles. The van der Waals surface area contributed by atoms with Crippen LogP contribution in [0.2, 0.25) is 4.34 Å². The van der Waals surface area contributed by atoms with Crippen molar-refractivity contribution >= 4 is 52.9 Å². The van der Waals surface area contributed by atoms with Crippen molar-refractivity contribution in [3.05, 3.63) is 45.5 Å². The predicted octanol–water partition coefficient (Wildman–Crippen LogP) is 3.15. The quantitative estimate of drug-likeness (QED) is 0.177. The molecule has 7 nitrogen and oxygen atoms in total. The monoisotopic (exact) mass is 568 g/mol. The van der Waals surface area contributed by atoms with E-state index in [1.165, 1.54) is 11.3 Å². The Hall–Kier alpha value is -0.850. The normalized spacial score (nSPS) is 16.1. The number of hydrogen-bond donors (Lipinski definition) is 3. The Kier molecular flexibility index (Phi) is 12.1. The highest BCUT2D eigenvalue weighted by atomic mass is 127. The molecule has 0 spiro atoms. The topological polar surface area (TPSA) is 82.3 Å². The summed E-state index contributed by atoms with van der Waals surface area (Å²) in [5, 5.41) is 17.0. The van der Waals surface area contributed by atoms with Crippen LogP contribution < -0.4 is 10.6 Å². The summed E-state index contributed by atoms with van der Waals surface area (Å²) in [5.74, 6) is 1.62. The molecule has 0 radical (unpaired) electrons. The van der Waals surface area contributed by atoms with Crippen LogP contribution in [0, 0.1) is 0 Å². The summed E-state index contributed by atoms with van der Waals surface area (Å²) >= 11 is 7.34. The number of morpholine rings is 1. The van der Waals surface area contributed by atoms with Crippen molar-refractivity contribution in [3.8, 4) is 0 Å². The van der Waals surface area contributed by atoms with E-state index < -0.39 is 6.10 Å². The summed E-state index contributed by atoms with van der Waals surface area (Å²) in [6.45, 7) is 6.45. The van der Waals surface area contributed by atoms with Gasteiger partial charge in [0.05, 0.1) is 30.4 Å². The third-order valence-electron chi connectivity index (χ3n) is 4.64. The van der Waals surface area contributed by atoms with Crippen molar-refractivity contribution in [2.45, 2.75) is 18.9 Å². The third-order valence-corrected chi connectivity index (χ3v) is 5.97. The van der Waals surface area contributed by atoms with E-state index in [2.05, 4.69) is 20.5 Å². The number of nitrogens with one attached hydrogen (secondary N) is 2. The number of thiophene rings is 1. The molecule has 0 aliphatic carbocycles. The number of hydrogen-bond acceptors (Lipinski definition) is 6. The van der Waals surface area contributed by atoms with Crippen molar-refractivity contribution in [1.82, 2.24) is 15.5 Å². The molecule has 1 fully saturated rings. The zero-order valence-corrected chi connectivity index (χ0v) is 20.8. The number of rotatable bonds is 10. The van der Waals surface area contributed by atoms with Crippen molar-refractivity contribution in [1.29, 1.82) is 0 Å². The fourth-order valence-electron chi connectivity index (χ4n) is 3.04. The van der Waals surface area contributed by atoms with Crippen molar-refractivity contribution in [3.63, 3.8) is 0 Å². The Labute approximate surface area is 203 Å². The standard InChI is InChI=1S/C20H29ClN4O3S.HI/c21-19-5-4-18(29-19)17(26)15-24-20(23-8-6-16-3-1-12-28-16)22-7-2-9-25-10-13-27-14-11-25;/h1,3-5,12,17,26H,2,6-11,13-15H2,(H2,22,23,24);1H. The maximum atomic E-state index is 10.4. The van der Waals surface area contributed by atoms with Crippen LogP contribution in [0.15, 0.2) is 39.9 Å². The fourth-order valence-corrected chi connectivity index (χ4v) is 4.08. The van der Waals surface area contributed by atoms with Crippen LogP contribution in [-0.2, 0) is 11.2 Å². The van der Waals surface area contributed by atoms with Crippen LogP contribution in [0.3, 0.4) is 0 Å². The molecular formula is C20H30ClIN4O3S. The summed E-state index contributed by atoms with van der Waals surface area (Å²) in [6, 6.07) is 7.48. The molecular weight excluding hydrogens is 539 g/mol. The number of nitrogens with zero attached hydrogens (tertiary/aromatic N) is 2. The summed E-state index contributed by atoms with van der Waals surface area (Å²) in [7, 11) is 0. The largest absolute Gasteiger partial charge is 0.469 e. The van der Waals surface area contributed by atoms with Gasteiger partial charge in [-0.15, -0.1) is 35.3 Å². The van der Waals surface area contributed by atoms with Gasteiger partial charge in [-0.05, 0) is 37.2 Å². The van der Waals surface area contributed by atoms with E-state index in [0.29, 0.717) is 16.8 Å². The van der Waals surface area contributed by atoms with Gasteiger partial charge in [0.2, 0.25) is 0 Å². The van der Waals surface area contributed by atoms with Gasteiger partial charge >= 0.3 is 0 Å². The van der Waals surface area contributed by atoms with E-state index in [1.807, 2.05) is 18.2 Å². The van der Waals surface area contributed by atoms with Gasteiger partial charge in [-0.2, -0.15) is 0 Å². The fraction of sp³-hybridized carbons (Fsp3) is 0.550. The summed E-state index contributed by atoms with van der Waals surface area (Å²) in [5.41, 5.74) is 0. The Morgan fingerprint density at radius 2 is 2.03 bits per heavy atom. The van der Waals surface area contributed by atoms with Crippen LogP contribution in [0.4, 0.5) is 0 Å². The molecule has 1 unspecified atom stereocenters. The molecule has 3 rings (SSSR count). The lowest BCUT2D eigenvalue weighted by Gasteiger charge is -2.26. The lowest BCUT2D eigenvalue weighted by atomic mass is 10.3. The molecule has 1 aliphatic heterocycles. The zero-order valence-electron chi connectivity index (χ0n) is 16.9. The van der Waals surface area contributed by atoms with E-state index in [-0.39, 0.29) is 30.5 Å². The highest BCUT2D eigenvalue weighted by Crippen LogP contribution is 2.26. The lowest BCUT2D eigenvalue weighted by molar-refractivity contribution is 0.0376. The molecule has 0 amide bonds. The number of aliphatic hydroxyl groups excluding tert-OH is 1. The molecule has 2 aromatic heterocycles. The SMILES string of the molecule is I.OC(CN=C(NCCCN1CCOCC1)NCCc1ccco1)c1ccc(Cl)s1. The average molecular weight is 569 g/mol. The van der Waals surface area contributed by atoms with Crippen LogP contribution >= 0.6 is 46.9 Å². The first-order valence-corrected chi connectivity index (χ1v) is 11.2. The van der Waals surface area contributed by atoms with Crippen LogP contribution in [-0.4, -0.2) is 68.4 Å². The number of aliphatic imine (C=N–C) groups is 1. The van der Waals surface area contributed by atoms with Gasteiger partial charge in [-0.3, -0.25) is 9.89 Å². The van der Waals surface area contributed by atoms with E-state index in [1.54, 1.807) is 12.3 Å². The molecule has 3 heterocycles. The predicted molar refractivity (Wildman–Crippen MR) is 132 cm³/mol. The highest BCUT2D eigenvalue weighted by molar-refractivity contribution is 14.0. The van der Waals surface area contributed by atoms with E-state index in [0.717, 1.165) is 62.9 Å². The lowest BCUT2D eigenvalue weighted by Crippen LogP contribution is -2.41. The second-order valence-corrected chi connectivity index (χ2v) is 8.58. The summed E-state index contributed by atoms with van der Waals surface area (Å²) in [6.07, 6.45) is 2.80. The van der Waals surface area contributed by atoms with Crippen molar-refractivity contribution in [2.75, 3.05) is 52.5 Å². The van der Waals surface area contributed by atoms with E-state index in [9.17, 15) is 5.11 Å². The maximum absolute atomic E-state index is 10.4. The van der Waals surface area contributed by atoms with E-state index >= 15 is 0 Å². The molecule has 0 bridgehead atoms. The van der Waals surface area contributed by atoms with Gasteiger partial charge in [0.1, 0.15) is 11.9 Å². The van der Waals surface area contributed by atoms with Crippen LogP contribution in [0.5, 0.6) is 0 Å². The Balaban J connectivity index is 0.00000320. The Morgan fingerprint density at radius 3 is 2.73 bits per heavy atom. The first-order valence-electron chi connectivity index (χ1n) is 9.98. The number of aliphatic hydroxyl groups is 1. The van der Waals surface area contributed by atoms with Gasteiger partial charge < -0.3 is 24.9 Å². The second-order valence-electron chi connectivity index (χ2n) is 6.84. The number of guanidine groups is 1. The molecule has 30 heavy (non-hydrogen) atoms. The van der Waals surface area contributed by atoms with Gasteiger partial charge in [-0.25, -0.2) is 0 Å². The second kappa shape index (κ2) is 14.3. The Morgan fingerprint density at radius 1 is 1.23 bits per heavy atom. The van der Waals surface area contributed by atoms with Crippen LogP contribution in [0.1, 0.15) is 23.2 Å². The number of ether oxygens (including phenoxy) is 1. The molecule has 10 heteroatoms. The van der Waals surface area contributed by atoms with Gasteiger partial charge in [-0.1, -0.05) is 11.6 Å². The minimum absolute atomic E-state index is 0. The smallest absolute Gasteiger partial charge is 0.191 e. The number of furan rings is 1. The zero-order chi connectivity index (χ0) is 20.3. The van der Waals surface area contributed by atoms with Gasteiger partial charge in [0, 0.05) is 37.5 Å². The Bertz CT molecular complexity index is 738. The first kappa shape index (κ1) is 25.4. The third kappa shape index (κ3) is 9.11. The molecule has 2 aromatic rings. The number of halogens is 2. The average Bonchev–Trinajstić information content (AvgIpc) is 3.41.